The number of nitrogens with one attached hydrogen (secondary N) is 2. The Morgan fingerprint density at radius 3 is 3.38 bits per heavy atom. The number of aromatic nitrogens is 2. The van der Waals surface area contributed by atoms with E-state index in [1.165, 1.54) is 11.3 Å². The molecular formula is C10H17ClN4O. The fourth-order valence-corrected chi connectivity index (χ4v) is 1.75. The van der Waals surface area contributed by atoms with Crippen LogP contribution in [0.15, 0.2) is 18.9 Å². The lowest BCUT2D eigenvalue weighted by Crippen LogP contribution is -2.36. The molecule has 2 heterocycles. The van der Waals surface area contributed by atoms with Crippen LogP contribution in [-0.4, -0.2) is 22.9 Å². The smallest absolute Gasteiger partial charge is 0.0861 e. The molecule has 1 aliphatic heterocycles. The van der Waals surface area contributed by atoms with E-state index in [0.717, 1.165) is 13.1 Å². The van der Waals surface area contributed by atoms with E-state index in [1.807, 2.05) is 17.9 Å². The number of halogens is 1. The largest absolute Gasteiger partial charge is 0.309 e. The third-order valence-electron chi connectivity index (χ3n) is 2.54. The number of rotatable bonds is 4. The minimum atomic E-state index is 0. The predicted molar refractivity (Wildman–Crippen MR) is 64.2 cm³/mol. The van der Waals surface area contributed by atoms with Crippen LogP contribution in [0, 0.1) is 0 Å². The summed E-state index contributed by atoms with van der Waals surface area (Å²) in [6.07, 6.45) is 3.61. The van der Waals surface area contributed by atoms with E-state index in [-0.39, 0.29) is 18.4 Å². The van der Waals surface area contributed by atoms with E-state index in [4.69, 9.17) is 4.84 Å². The molecule has 2 rings (SSSR count). The Balaban J connectivity index is 0.00000128. The second-order valence-corrected chi connectivity index (χ2v) is 3.57. The first-order valence-electron chi connectivity index (χ1n) is 5.02. The molecule has 0 aliphatic carbocycles. The zero-order chi connectivity index (χ0) is 10.7. The van der Waals surface area contributed by atoms with Crippen molar-refractivity contribution < 1.29 is 4.84 Å². The fraction of sp³-hybridized carbons (Fsp3) is 0.500. The van der Waals surface area contributed by atoms with Crippen molar-refractivity contribution in [1.29, 1.82) is 0 Å². The van der Waals surface area contributed by atoms with Crippen molar-refractivity contribution in [2.24, 2.45) is 7.05 Å². The molecule has 0 saturated heterocycles. The molecule has 1 atom stereocenters. The molecule has 90 valence electrons. The monoisotopic (exact) mass is 244 g/mol. The van der Waals surface area contributed by atoms with E-state index < -0.39 is 0 Å². The topological polar surface area (TPSA) is 51.1 Å². The van der Waals surface area contributed by atoms with Gasteiger partial charge in [-0.05, 0) is 0 Å². The number of fused-ring (bicyclic) bond motifs is 1. The van der Waals surface area contributed by atoms with Crippen molar-refractivity contribution in [3.05, 3.63) is 30.1 Å². The third-order valence-corrected chi connectivity index (χ3v) is 2.54. The molecule has 1 unspecified atom stereocenters. The predicted octanol–water partition coefficient (Wildman–Crippen LogP) is 0.693. The highest BCUT2D eigenvalue weighted by molar-refractivity contribution is 5.85. The Bertz CT molecular complexity index is 353. The first kappa shape index (κ1) is 13.2. The second-order valence-electron chi connectivity index (χ2n) is 3.57. The number of nitrogens with zero attached hydrogens (tertiary/aromatic N) is 2. The molecule has 0 saturated carbocycles. The van der Waals surface area contributed by atoms with Crippen LogP contribution in [0.4, 0.5) is 0 Å². The Kier molecular flexibility index (Phi) is 4.95. The van der Waals surface area contributed by atoms with Gasteiger partial charge in [-0.25, -0.2) is 0 Å². The summed E-state index contributed by atoms with van der Waals surface area (Å²) in [6, 6.07) is 0.169. The standard InChI is InChI=1S/C10H16N4O.ClH/c1-3-4-15-13-9-6-11-7-10-8(9)5-12-14(10)2;/h3,5,9,11,13H,1,4,6-7H2,2H3;1H. The summed E-state index contributed by atoms with van der Waals surface area (Å²) < 4.78 is 1.89. The second kappa shape index (κ2) is 6.00. The molecule has 0 spiro atoms. The van der Waals surface area contributed by atoms with Gasteiger partial charge in [-0.2, -0.15) is 10.6 Å². The molecule has 0 fully saturated rings. The summed E-state index contributed by atoms with van der Waals surface area (Å²) in [7, 11) is 1.95. The van der Waals surface area contributed by atoms with Crippen LogP contribution >= 0.6 is 12.4 Å². The lowest BCUT2D eigenvalue weighted by Gasteiger charge is -2.24. The van der Waals surface area contributed by atoms with Gasteiger partial charge in [-0.1, -0.05) is 6.08 Å². The van der Waals surface area contributed by atoms with Crippen LogP contribution in [-0.2, 0) is 18.4 Å². The Labute approximate surface area is 101 Å². The summed E-state index contributed by atoms with van der Waals surface area (Å²) in [4.78, 5) is 5.24. The van der Waals surface area contributed by atoms with Crippen LogP contribution in [0.25, 0.3) is 0 Å². The van der Waals surface area contributed by atoms with Gasteiger partial charge in [0, 0.05) is 25.7 Å². The van der Waals surface area contributed by atoms with E-state index in [9.17, 15) is 0 Å². The van der Waals surface area contributed by atoms with Crippen LogP contribution in [0.3, 0.4) is 0 Å². The average molecular weight is 245 g/mol. The summed E-state index contributed by atoms with van der Waals surface area (Å²) >= 11 is 0. The molecule has 0 bridgehead atoms. The van der Waals surface area contributed by atoms with E-state index in [0.29, 0.717) is 6.61 Å². The number of hydrogen-bond acceptors (Lipinski definition) is 4. The average Bonchev–Trinajstić information content (AvgIpc) is 2.62. The zero-order valence-corrected chi connectivity index (χ0v) is 10.1. The van der Waals surface area contributed by atoms with Gasteiger partial charge in [-0.3, -0.25) is 9.52 Å². The molecule has 5 nitrogen and oxygen atoms in total. The number of hydrogen-bond donors (Lipinski definition) is 2. The maximum absolute atomic E-state index is 5.24. The summed E-state index contributed by atoms with van der Waals surface area (Å²) in [5.74, 6) is 0. The van der Waals surface area contributed by atoms with Gasteiger partial charge in [0.15, 0.2) is 0 Å². The Morgan fingerprint density at radius 1 is 1.81 bits per heavy atom. The molecule has 0 amide bonds. The van der Waals surface area contributed by atoms with Crippen molar-refractivity contribution in [1.82, 2.24) is 20.6 Å². The van der Waals surface area contributed by atoms with Crippen molar-refractivity contribution in [3.8, 4) is 0 Å². The maximum atomic E-state index is 5.24. The lowest BCUT2D eigenvalue weighted by atomic mass is 10.1. The highest BCUT2D eigenvalue weighted by Gasteiger charge is 2.22. The number of aryl methyl sites for hydroxylation is 1. The highest BCUT2D eigenvalue weighted by atomic mass is 35.5. The lowest BCUT2D eigenvalue weighted by molar-refractivity contribution is 0.0323. The van der Waals surface area contributed by atoms with Gasteiger partial charge in [0.25, 0.3) is 0 Å². The quantitative estimate of drug-likeness (QED) is 0.465. The molecule has 0 radical (unpaired) electrons. The number of hydroxylamine groups is 1. The van der Waals surface area contributed by atoms with Gasteiger partial charge in [0.2, 0.25) is 0 Å². The Hall–Kier alpha value is -0.880. The van der Waals surface area contributed by atoms with Crippen molar-refractivity contribution >= 4 is 12.4 Å². The molecule has 0 aromatic carbocycles. The van der Waals surface area contributed by atoms with Gasteiger partial charge in [0.05, 0.1) is 24.5 Å². The first-order chi connectivity index (χ1) is 7.33. The third kappa shape index (κ3) is 2.62. The fourth-order valence-electron chi connectivity index (χ4n) is 1.75. The van der Waals surface area contributed by atoms with Gasteiger partial charge in [-0.15, -0.1) is 19.0 Å². The first-order valence-corrected chi connectivity index (χ1v) is 5.02. The molecule has 16 heavy (non-hydrogen) atoms. The molecule has 6 heteroatoms. The van der Waals surface area contributed by atoms with Gasteiger partial charge in [0.1, 0.15) is 0 Å². The summed E-state index contributed by atoms with van der Waals surface area (Å²) in [6.45, 7) is 5.82. The van der Waals surface area contributed by atoms with Crippen molar-refractivity contribution in [2.75, 3.05) is 13.2 Å². The summed E-state index contributed by atoms with van der Waals surface area (Å²) in [5.41, 5.74) is 5.42. The Morgan fingerprint density at radius 2 is 2.62 bits per heavy atom. The molecular weight excluding hydrogens is 228 g/mol. The van der Waals surface area contributed by atoms with E-state index in [1.54, 1.807) is 6.08 Å². The summed E-state index contributed by atoms with van der Waals surface area (Å²) in [5, 5.41) is 7.55. The molecule has 1 aromatic heterocycles. The van der Waals surface area contributed by atoms with Crippen LogP contribution in [0.5, 0.6) is 0 Å². The zero-order valence-electron chi connectivity index (χ0n) is 9.27. The SMILES string of the molecule is C=CCONC1CNCc2c1cnn2C.Cl. The van der Waals surface area contributed by atoms with Crippen LogP contribution in [0.2, 0.25) is 0 Å². The minimum absolute atomic E-state index is 0. The van der Waals surface area contributed by atoms with Crippen molar-refractivity contribution in [3.63, 3.8) is 0 Å². The normalized spacial score (nSPS) is 18.7. The van der Waals surface area contributed by atoms with E-state index in [2.05, 4.69) is 22.5 Å². The van der Waals surface area contributed by atoms with Crippen LogP contribution < -0.4 is 10.8 Å². The van der Waals surface area contributed by atoms with Gasteiger partial charge < -0.3 is 5.32 Å². The molecule has 2 N–H and O–H groups in total. The van der Waals surface area contributed by atoms with Crippen molar-refractivity contribution in [2.45, 2.75) is 12.6 Å². The minimum Gasteiger partial charge on any atom is -0.309 e. The van der Waals surface area contributed by atoms with Gasteiger partial charge >= 0.3 is 0 Å². The molecule has 1 aromatic rings. The van der Waals surface area contributed by atoms with Crippen LogP contribution in [0.1, 0.15) is 17.3 Å². The highest BCUT2D eigenvalue weighted by Crippen LogP contribution is 2.20. The molecule has 1 aliphatic rings. The van der Waals surface area contributed by atoms with E-state index >= 15 is 0 Å². The maximum Gasteiger partial charge on any atom is 0.0861 e.